The van der Waals surface area contributed by atoms with Crippen LogP contribution in [0.25, 0.3) is 16.8 Å². The van der Waals surface area contributed by atoms with Gasteiger partial charge in [-0.15, -0.1) is 0 Å². The van der Waals surface area contributed by atoms with Crippen LogP contribution in [0.1, 0.15) is 19.3 Å². The molecule has 0 bridgehead atoms. The van der Waals surface area contributed by atoms with E-state index in [4.69, 9.17) is 4.74 Å². The summed E-state index contributed by atoms with van der Waals surface area (Å²) in [5, 5.41) is 0. The largest absolute Gasteiger partial charge is 0.497 e. The zero-order valence-electron chi connectivity index (χ0n) is 16.6. The maximum absolute atomic E-state index is 5.31. The van der Waals surface area contributed by atoms with Crippen molar-refractivity contribution in [3.05, 3.63) is 60.8 Å². The van der Waals surface area contributed by atoms with Gasteiger partial charge in [0, 0.05) is 23.9 Å². The Morgan fingerprint density at radius 3 is 2.46 bits per heavy atom. The number of benzene rings is 2. The van der Waals surface area contributed by atoms with Crippen LogP contribution in [0.5, 0.6) is 5.75 Å². The van der Waals surface area contributed by atoms with Crippen molar-refractivity contribution in [2.75, 3.05) is 33.3 Å². The van der Waals surface area contributed by atoms with Gasteiger partial charge in [-0.05, 0) is 43.0 Å². The lowest BCUT2D eigenvalue weighted by atomic mass is 10.1. The highest BCUT2D eigenvalue weighted by atomic mass is 16.5. The molecule has 1 unspecified atom stereocenters. The predicted molar refractivity (Wildman–Crippen MR) is 112 cm³/mol. The van der Waals surface area contributed by atoms with E-state index in [-0.39, 0.29) is 0 Å². The number of aromatic nitrogens is 1. The van der Waals surface area contributed by atoms with Crippen molar-refractivity contribution in [2.24, 2.45) is 0 Å². The first-order chi connectivity index (χ1) is 13.8. The van der Waals surface area contributed by atoms with Crippen molar-refractivity contribution in [3.8, 4) is 22.6 Å². The Kier molecular flexibility index (Phi) is 4.67. The van der Waals surface area contributed by atoms with Gasteiger partial charge in [0.05, 0.1) is 20.2 Å². The van der Waals surface area contributed by atoms with Crippen LogP contribution < -0.4 is 14.5 Å². The Hall–Kier alpha value is -2.56. The van der Waals surface area contributed by atoms with Crippen molar-refractivity contribution in [1.82, 2.24) is 4.57 Å². The predicted octanol–water partition coefficient (Wildman–Crippen LogP) is 2.38. The Balaban J connectivity index is 1.45. The van der Waals surface area contributed by atoms with Gasteiger partial charge in [-0.1, -0.05) is 24.3 Å². The first-order valence-corrected chi connectivity index (χ1v) is 10.5. The average Bonchev–Trinajstić information content (AvgIpc) is 3.31. The molecule has 0 radical (unpaired) electrons. The fraction of sp³-hybridized carbons (Fsp3) is 0.333. The van der Waals surface area contributed by atoms with Gasteiger partial charge in [-0.25, -0.2) is 4.90 Å². The number of likely N-dealkylation sites (tertiary alicyclic amines) is 1. The number of fused-ring (bicyclic) bond motifs is 3. The summed E-state index contributed by atoms with van der Waals surface area (Å²) in [7, 11) is 1.71. The standard InChI is InChI=1S/C24H27N3O/c1-28-21-11-9-19(10-12-21)20-17-24-26(16-15-25-13-5-2-6-14-25)22-7-3-4-8-23(22)27(24)18-20/h3-4,7-12,17-18H,2,5-6,13-16H2,1H3/p+2. The van der Waals surface area contributed by atoms with Gasteiger partial charge in [-0.2, -0.15) is 0 Å². The molecule has 4 nitrogen and oxygen atoms in total. The molecule has 0 saturated carbocycles. The minimum absolute atomic E-state index is 0.901. The van der Waals surface area contributed by atoms with Crippen molar-refractivity contribution in [2.45, 2.75) is 19.3 Å². The van der Waals surface area contributed by atoms with Gasteiger partial charge in [-0.3, -0.25) is 4.57 Å². The Morgan fingerprint density at radius 2 is 1.68 bits per heavy atom. The molecular formula is C24H29N3O+2. The van der Waals surface area contributed by atoms with Gasteiger partial charge >= 0.3 is 0 Å². The average molecular weight is 376 g/mol. The van der Waals surface area contributed by atoms with Gasteiger partial charge in [0.15, 0.2) is 5.69 Å². The van der Waals surface area contributed by atoms with Gasteiger partial charge in [0.2, 0.25) is 5.82 Å². The monoisotopic (exact) mass is 375 g/mol. The normalized spacial score (nSPS) is 18.7. The number of rotatable bonds is 5. The number of methoxy groups -OCH3 is 1. The summed E-state index contributed by atoms with van der Waals surface area (Å²) in [5.41, 5.74) is 5.24. The van der Waals surface area contributed by atoms with Crippen LogP contribution in [0.15, 0.2) is 60.8 Å². The fourth-order valence-electron chi connectivity index (χ4n) is 4.78. The first-order valence-electron chi connectivity index (χ1n) is 10.5. The molecule has 3 aromatic rings. The summed E-state index contributed by atoms with van der Waals surface area (Å²) in [6, 6.07) is 19.6. The number of piperidine rings is 1. The molecule has 1 aromatic heterocycles. The van der Waals surface area contributed by atoms with E-state index in [9.17, 15) is 0 Å². The highest BCUT2D eigenvalue weighted by Gasteiger charge is 2.33. The summed E-state index contributed by atoms with van der Waals surface area (Å²) in [6.45, 7) is 5.07. The van der Waals surface area contributed by atoms with E-state index in [1.165, 1.54) is 72.1 Å². The van der Waals surface area contributed by atoms with Gasteiger partial charge < -0.3 is 9.64 Å². The molecule has 28 heavy (non-hydrogen) atoms. The van der Waals surface area contributed by atoms with Crippen molar-refractivity contribution in [3.63, 3.8) is 0 Å². The lowest BCUT2D eigenvalue weighted by molar-refractivity contribution is -0.925. The highest BCUT2D eigenvalue weighted by Crippen LogP contribution is 2.33. The quantitative estimate of drug-likeness (QED) is 0.703. The number of para-hydroxylation sites is 2. The van der Waals surface area contributed by atoms with E-state index in [1.54, 1.807) is 12.0 Å². The molecule has 0 amide bonds. The molecule has 2 N–H and O–H groups in total. The summed E-state index contributed by atoms with van der Waals surface area (Å²) >= 11 is 0. The third-order valence-corrected chi connectivity index (χ3v) is 6.33. The van der Waals surface area contributed by atoms with Crippen molar-refractivity contribution < 1.29 is 14.5 Å². The Morgan fingerprint density at radius 1 is 0.893 bits per heavy atom. The second kappa shape index (κ2) is 7.46. The molecule has 1 atom stereocenters. The Bertz CT molecular complexity index is 954. The second-order valence-corrected chi connectivity index (χ2v) is 8.02. The van der Waals surface area contributed by atoms with Crippen LogP contribution >= 0.6 is 0 Å². The maximum Gasteiger partial charge on any atom is 0.217 e. The van der Waals surface area contributed by atoms with E-state index >= 15 is 0 Å². The third-order valence-electron chi connectivity index (χ3n) is 6.33. The van der Waals surface area contributed by atoms with E-state index in [0.717, 1.165) is 12.3 Å². The lowest BCUT2D eigenvalue weighted by Crippen LogP contribution is -3.17. The van der Waals surface area contributed by atoms with Crippen molar-refractivity contribution in [1.29, 1.82) is 0 Å². The zero-order valence-corrected chi connectivity index (χ0v) is 16.6. The minimum atomic E-state index is 0.901. The van der Waals surface area contributed by atoms with Crippen LogP contribution in [-0.4, -0.2) is 37.9 Å². The summed E-state index contributed by atoms with van der Waals surface area (Å²) < 4.78 is 7.69. The molecular weight excluding hydrogens is 346 g/mol. The fourth-order valence-corrected chi connectivity index (χ4v) is 4.78. The molecule has 4 heteroatoms. The second-order valence-electron chi connectivity index (χ2n) is 8.02. The van der Waals surface area contributed by atoms with Crippen LogP contribution in [0.2, 0.25) is 0 Å². The van der Waals surface area contributed by atoms with E-state index in [2.05, 4.69) is 53.2 Å². The highest BCUT2D eigenvalue weighted by molar-refractivity contribution is 5.71. The van der Waals surface area contributed by atoms with E-state index in [1.807, 2.05) is 12.1 Å². The molecule has 1 saturated heterocycles. The number of nitrogens with zero attached hydrogens (tertiary/aromatic N) is 1. The smallest absolute Gasteiger partial charge is 0.217 e. The topological polar surface area (TPSA) is 23.0 Å². The molecule has 2 aromatic carbocycles. The lowest BCUT2D eigenvalue weighted by Gasteiger charge is -2.24. The summed E-state index contributed by atoms with van der Waals surface area (Å²) in [5.74, 6) is 2.26. The number of hydrogen-bond donors (Lipinski definition) is 2. The molecule has 3 heterocycles. The third kappa shape index (κ3) is 3.13. The van der Waals surface area contributed by atoms with E-state index < -0.39 is 0 Å². The van der Waals surface area contributed by atoms with Gasteiger partial charge in [0.25, 0.3) is 0 Å². The summed E-state index contributed by atoms with van der Waals surface area (Å²) in [4.78, 5) is 3.28. The van der Waals surface area contributed by atoms with E-state index in [0.29, 0.717) is 0 Å². The minimum Gasteiger partial charge on any atom is -0.497 e. The molecule has 0 spiro atoms. The number of ether oxygens (including phenoxy) is 1. The molecule has 0 aliphatic carbocycles. The molecule has 144 valence electrons. The molecule has 5 rings (SSSR count). The molecule has 2 aliphatic heterocycles. The first kappa shape index (κ1) is 17.5. The maximum atomic E-state index is 5.31. The van der Waals surface area contributed by atoms with Crippen LogP contribution in [0.3, 0.4) is 0 Å². The SMILES string of the molecule is COc1ccc(-c2cc3n(c2)-c2ccccc2[NH+]3CC[NH+]2CCCCC2)cc1. The molecule has 2 aliphatic rings. The number of quaternary nitrogens is 2. The zero-order chi connectivity index (χ0) is 18.9. The van der Waals surface area contributed by atoms with Crippen LogP contribution in [0, 0.1) is 0 Å². The van der Waals surface area contributed by atoms with Crippen molar-refractivity contribution >= 4 is 11.5 Å². The van der Waals surface area contributed by atoms with Crippen LogP contribution in [0.4, 0.5) is 11.5 Å². The summed E-state index contributed by atoms with van der Waals surface area (Å²) in [6.07, 6.45) is 6.48. The van der Waals surface area contributed by atoms with Gasteiger partial charge in [0.1, 0.15) is 24.5 Å². The number of nitrogens with one attached hydrogen (secondary N) is 2. The number of hydrogen-bond acceptors (Lipinski definition) is 1. The van der Waals surface area contributed by atoms with Crippen LogP contribution in [-0.2, 0) is 0 Å². The molecule has 1 fully saturated rings. The Labute approximate surface area is 167 Å².